The second-order valence-corrected chi connectivity index (χ2v) is 7.28. The summed E-state index contributed by atoms with van der Waals surface area (Å²) >= 11 is 0. The van der Waals surface area contributed by atoms with Gasteiger partial charge >= 0.3 is 0 Å². The number of fused-ring (bicyclic) bond motifs is 1. The number of anilines is 2. The average molecular weight is 374 g/mol. The van der Waals surface area contributed by atoms with Gasteiger partial charge in [0.25, 0.3) is 0 Å². The molecule has 3 aromatic rings. The Morgan fingerprint density at radius 2 is 1.64 bits per heavy atom. The van der Waals surface area contributed by atoms with Crippen LogP contribution in [0.15, 0.2) is 48.5 Å². The molecule has 0 saturated carbocycles. The molecule has 1 amide bonds. The van der Waals surface area contributed by atoms with Crippen LogP contribution in [0.25, 0.3) is 10.9 Å². The Hall–Kier alpha value is -3.08. The zero-order valence-corrected chi connectivity index (χ0v) is 16.5. The summed E-state index contributed by atoms with van der Waals surface area (Å²) in [6.45, 7) is 8.11. The van der Waals surface area contributed by atoms with Gasteiger partial charge in [-0.1, -0.05) is 25.1 Å². The third kappa shape index (κ3) is 3.28. The van der Waals surface area contributed by atoms with Gasteiger partial charge in [-0.25, -0.2) is 0 Å². The molecule has 144 valence electrons. The van der Waals surface area contributed by atoms with Gasteiger partial charge in [0, 0.05) is 48.5 Å². The number of primary amides is 1. The smallest absolute Gasteiger partial charge is 0.248 e. The van der Waals surface area contributed by atoms with Crippen LogP contribution in [0.2, 0.25) is 0 Å². The summed E-state index contributed by atoms with van der Waals surface area (Å²) in [4.78, 5) is 21.0. The Labute approximate surface area is 165 Å². The number of aryl methyl sites for hydroxylation is 1. The van der Waals surface area contributed by atoms with E-state index in [0.29, 0.717) is 5.56 Å². The number of nitrogens with zero attached hydrogens (tertiary/aromatic N) is 3. The maximum atomic E-state index is 11.3. The number of amides is 1. The average Bonchev–Trinajstić information content (AvgIpc) is 2.73. The first-order chi connectivity index (χ1) is 13.6. The molecule has 1 aromatic heterocycles. The molecule has 28 heavy (non-hydrogen) atoms. The highest BCUT2D eigenvalue weighted by atomic mass is 16.1. The van der Waals surface area contributed by atoms with Crippen molar-refractivity contribution in [3.8, 4) is 0 Å². The lowest BCUT2D eigenvalue weighted by Crippen LogP contribution is -2.47. The van der Waals surface area contributed by atoms with Crippen LogP contribution in [0.1, 0.15) is 28.5 Å². The molecule has 2 heterocycles. The molecule has 0 spiro atoms. The summed E-state index contributed by atoms with van der Waals surface area (Å²) in [7, 11) is 0. The van der Waals surface area contributed by atoms with E-state index in [1.54, 1.807) is 12.1 Å². The minimum Gasteiger partial charge on any atom is -0.368 e. The largest absolute Gasteiger partial charge is 0.368 e. The second kappa shape index (κ2) is 7.50. The maximum Gasteiger partial charge on any atom is 0.248 e. The highest BCUT2D eigenvalue weighted by Gasteiger charge is 2.22. The number of pyridine rings is 1. The number of rotatable bonds is 4. The molecular formula is C23H26N4O. The molecule has 0 aliphatic carbocycles. The molecule has 2 aromatic carbocycles. The van der Waals surface area contributed by atoms with Crippen LogP contribution in [-0.4, -0.2) is 37.1 Å². The van der Waals surface area contributed by atoms with Crippen LogP contribution in [-0.2, 0) is 6.42 Å². The predicted octanol–water partition coefficient (Wildman–Crippen LogP) is 3.53. The van der Waals surface area contributed by atoms with Crippen molar-refractivity contribution >= 4 is 28.2 Å². The van der Waals surface area contributed by atoms with Crippen molar-refractivity contribution in [2.24, 2.45) is 5.73 Å². The van der Waals surface area contributed by atoms with Crippen LogP contribution < -0.4 is 15.5 Å². The Morgan fingerprint density at radius 1 is 1.00 bits per heavy atom. The van der Waals surface area contributed by atoms with Gasteiger partial charge in [0.05, 0.1) is 11.2 Å². The van der Waals surface area contributed by atoms with Gasteiger partial charge in [0.2, 0.25) is 5.91 Å². The van der Waals surface area contributed by atoms with Gasteiger partial charge in [-0.2, -0.15) is 0 Å². The molecule has 1 aliphatic rings. The molecule has 5 nitrogen and oxygen atoms in total. The number of benzene rings is 2. The lowest BCUT2D eigenvalue weighted by molar-refractivity contribution is 0.100. The van der Waals surface area contributed by atoms with Crippen molar-refractivity contribution in [2.75, 3.05) is 36.0 Å². The van der Waals surface area contributed by atoms with Crippen molar-refractivity contribution in [3.05, 3.63) is 65.4 Å². The maximum absolute atomic E-state index is 11.3. The highest BCUT2D eigenvalue weighted by Crippen LogP contribution is 2.33. The Balaban J connectivity index is 1.59. The van der Waals surface area contributed by atoms with E-state index in [2.05, 4.69) is 47.9 Å². The summed E-state index contributed by atoms with van der Waals surface area (Å²) in [5.41, 5.74) is 11.9. The second-order valence-electron chi connectivity index (χ2n) is 7.28. The van der Waals surface area contributed by atoms with E-state index in [-0.39, 0.29) is 5.91 Å². The first-order valence-electron chi connectivity index (χ1n) is 9.86. The quantitative estimate of drug-likeness (QED) is 0.759. The third-order valence-electron chi connectivity index (χ3n) is 5.64. The normalized spacial score (nSPS) is 14.5. The fourth-order valence-corrected chi connectivity index (χ4v) is 4.16. The first kappa shape index (κ1) is 18.3. The molecule has 1 saturated heterocycles. The Kier molecular flexibility index (Phi) is 4.90. The van der Waals surface area contributed by atoms with E-state index in [1.807, 2.05) is 12.1 Å². The van der Waals surface area contributed by atoms with Gasteiger partial charge in [-0.05, 0) is 49.2 Å². The fraction of sp³-hybridized carbons (Fsp3) is 0.304. The number of hydrogen-bond donors (Lipinski definition) is 1. The molecule has 0 radical (unpaired) electrons. The summed E-state index contributed by atoms with van der Waals surface area (Å²) in [6, 6.07) is 16.0. The summed E-state index contributed by atoms with van der Waals surface area (Å²) < 4.78 is 0. The summed E-state index contributed by atoms with van der Waals surface area (Å²) in [5, 5.41) is 1.24. The molecule has 0 bridgehead atoms. The van der Waals surface area contributed by atoms with Crippen molar-refractivity contribution in [1.29, 1.82) is 0 Å². The van der Waals surface area contributed by atoms with Crippen molar-refractivity contribution in [1.82, 2.24) is 4.98 Å². The zero-order valence-electron chi connectivity index (χ0n) is 16.5. The monoisotopic (exact) mass is 374 g/mol. The number of carbonyl (C=O) groups excluding carboxylic acids is 1. The Morgan fingerprint density at radius 3 is 2.29 bits per heavy atom. The molecule has 4 rings (SSSR count). The van der Waals surface area contributed by atoms with Crippen LogP contribution in [0.5, 0.6) is 0 Å². The minimum absolute atomic E-state index is 0.386. The van der Waals surface area contributed by atoms with E-state index in [1.165, 1.54) is 16.6 Å². The molecule has 1 fully saturated rings. The molecule has 0 unspecified atom stereocenters. The van der Waals surface area contributed by atoms with E-state index >= 15 is 0 Å². The minimum atomic E-state index is -0.386. The van der Waals surface area contributed by atoms with Gasteiger partial charge in [0.1, 0.15) is 0 Å². The number of hydrogen-bond acceptors (Lipinski definition) is 4. The topological polar surface area (TPSA) is 62.5 Å². The molecule has 1 aliphatic heterocycles. The number of aromatic nitrogens is 1. The van der Waals surface area contributed by atoms with Crippen LogP contribution >= 0.6 is 0 Å². The van der Waals surface area contributed by atoms with Crippen molar-refractivity contribution in [2.45, 2.75) is 20.3 Å². The first-order valence-corrected chi connectivity index (χ1v) is 9.86. The standard InChI is InChI=1S/C23H26N4O/c1-3-19-16(2)25-21-7-5-4-6-20(21)22(19)27-14-12-26(13-15-27)18-10-8-17(9-11-18)23(24)28/h4-11H,3,12-15H2,1-2H3,(H2,24,28). The number of nitrogens with two attached hydrogens (primary N) is 1. The van der Waals surface area contributed by atoms with Crippen LogP contribution in [0.4, 0.5) is 11.4 Å². The highest BCUT2D eigenvalue weighted by molar-refractivity contribution is 5.94. The predicted molar refractivity (Wildman–Crippen MR) is 115 cm³/mol. The van der Waals surface area contributed by atoms with Gasteiger partial charge in [-0.3, -0.25) is 9.78 Å². The number of para-hydroxylation sites is 1. The third-order valence-corrected chi connectivity index (χ3v) is 5.64. The lowest BCUT2D eigenvalue weighted by atomic mass is 10.0. The molecule has 5 heteroatoms. The van der Waals surface area contributed by atoms with Gasteiger partial charge < -0.3 is 15.5 Å². The lowest BCUT2D eigenvalue weighted by Gasteiger charge is -2.39. The van der Waals surface area contributed by atoms with E-state index < -0.39 is 0 Å². The number of carbonyl (C=O) groups is 1. The molecular weight excluding hydrogens is 348 g/mol. The Bertz CT molecular complexity index is 1010. The van der Waals surface area contributed by atoms with E-state index in [9.17, 15) is 4.79 Å². The van der Waals surface area contributed by atoms with Crippen LogP contribution in [0, 0.1) is 6.92 Å². The summed E-state index contributed by atoms with van der Waals surface area (Å²) in [6.07, 6.45) is 0.980. The molecule has 0 atom stereocenters. The van der Waals surface area contributed by atoms with Gasteiger partial charge in [-0.15, -0.1) is 0 Å². The van der Waals surface area contributed by atoms with Crippen LogP contribution in [0.3, 0.4) is 0 Å². The van der Waals surface area contributed by atoms with Gasteiger partial charge in [0.15, 0.2) is 0 Å². The molecule has 2 N–H and O–H groups in total. The van der Waals surface area contributed by atoms with Crippen molar-refractivity contribution < 1.29 is 4.79 Å². The van der Waals surface area contributed by atoms with E-state index in [4.69, 9.17) is 10.7 Å². The van der Waals surface area contributed by atoms with E-state index in [0.717, 1.165) is 49.5 Å². The zero-order chi connectivity index (χ0) is 19.7. The summed E-state index contributed by atoms with van der Waals surface area (Å²) in [5.74, 6) is -0.386. The van der Waals surface area contributed by atoms with Crippen molar-refractivity contribution in [3.63, 3.8) is 0 Å². The SMILES string of the molecule is CCc1c(C)nc2ccccc2c1N1CCN(c2ccc(C(N)=O)cc2)CC1. The fourth-order valence-electron chi connectivity index (χ4n) is 4.16. The number of piperazine rings is 1.